The summed E-state index contributed by atoms with van der Waals surface area (Å²) < 4.78 is 0. The van der Waals surface area contributed by atoms with Gasteiger partial charge in [-0.2, -0.15) is 11.8 Å². The first-order valence-corrected chi connectivity index (χ1v) is 7.28. The van der Waals surface area contributed by atoms with Crippen molar-refractivity contribution in [2.24, 2.45) is 5.92 Å². The topological polar surface area (TPSA) is 61.4 Å². The summed E-state index contributed by atoms with van der Waals surface area (Å²) in [4.78, 5) is 25.1. The molecular formula is C11H19N3O2S. The van der Waals surface area contributed by atoms with Gasteiger partial charge in [0.25, 0.3) is 0 Å². The van der Waals surface area contributed by atoms with Gasteiger partial charge >= 0.3 is 11.8 Å². The van der Waals surface area contributed by atoms with E-state index in [-0.39, 0.29) is 5.91 Å². The van der Waals surface area contributed by atoms with E-state index in [1.54, 1.807) is 4.90 Å². The number of rotatable bonds is 2. The number of carbonyl (C=O) groups excluding carboxylic acids is 2. The van der Waals surface area contributed by atoms with Crippen molar-refractivity contribution >= 4 is 23.6 Å². The van der Waals surface area contributed by atoms with E-state index in [2.05, 4.69) is 10.6 Å². The van der Waals surface area contributed by atoms with Crippen molar-refractivity contribution in [3.05, 3.63) is 0 Å². The lowest BCUT2D eigenvalue weighted by molar-refractivity contribution is -0.146. The van der Waals surface area contributed by atoms with Crippen LogP contribution in [0.15, 0.2) is 0 Å². The third-order valence-corrected chi connectivity index (χ3v) is 4.41. The van der Waals surface area contributed by atoms with Gasteiger partial charge in [-0.1, -0.05) is 0 Å². The van der Waals surface area contributed by atoms with E-state index in [1.807, 2.05) is 11.8 Å². The first-order valence-electron chi connectivity index (χ1n) is 6.13. The predicted octanol–water partition coefficient (Wildman–Crippen LogP) is -0.712. The number of hydrogen-bond donors (Lipinski definition) is 2. The van der Waals surface area contributed by atoms with Crippen LogP contribution < -0.4 is 10.6 Å². The Balaban J connectivity index is 1.72. The van der Waals surface area contributed by atoms with Gasteiger partial charge in [-0.05, 0) is 23.8 Å². The van der Waals surface area contributed by atoms with E-state index in [0.29, 0.717) is 25.6 Å². The third kappa shape index (κ3) is 3.61. The van der Waals surface area contributed by atoms with E-state index in [1.165, 1.54) is 5.75 Å². The van der Waals surface area contributed by atoms with Gasteiger partial charge in [-0.25, -0.2) is 0 Å². The monoisotopic (exact) mass is 257 g/mol. The Labute approximate surface area is 106 Å². The standard InChI is InChI=1S/C11H19N3O2S/c15-10(13-7-9-1-6-17-8-9)11(16)14-4-2-12-3-5-14/h9,12H,1-8H2,(H,13,15). The van der Waals surface area contributed by atoms with E-state index in [9.17, 15) is 9.59 Å². The van der Waals surface area contributed by atoms with Crippen LogP contribution in [0.3, 0.4) is 0 Å². The Bertz CT molecular complexity index is 286. The van der Waals surface area contributed by atoms with Crippen LogP contribution in [0, 0.1) is 5.92 Å². The molecule has 1 unspecified atom stereocenters. The maximum absolute atomic E-state index is 11.8. The molecule has 2 aliphatic heterocycles. The zero-order chi connectivity index (χ0) is 12.1. The molecule has 6 heteroatoms. The van der Waals surface area contributed by atoms with Gasteiger partial charge in [-0.15, -0.1) is 0 Å². The lowest BCUT2D eigenvalue weighted by atomic mass is 10.1. The number of carbonyl (C=O) groups is 2. The summed E-state index contributed by atoms with van der Waals surface area (Å²) in [5.41, 5.74) is 0. The van der Waals surface area contributed by atoms with Crippen LogP contribution >= 0.6 is 11.8 Å². The first kappa shape index (κ1) is 12.7. The molecule has 0 aliphatic carbocycles. The molecule has 2 aliphatic rings. The summed E-state index contributed by atoms with van der Waals surface area (Å²) >= 11 is 1.92. The summed E-state index contributed by atoms with van der Waals surface area (Å²) in [7, 11) is 0. The van der Waals surface area contributed by atoms with Gasteiger partial charge in [-0.3, -0.25) is 9.59 Å². The largest absolute Gasteiger partial charge is 0.348 e. The van der Waals surface area contributed by atoms with E-state index in [0.717, 1.165) is 25.3 Å². The number of nitrogens with one attached hydrogen (secondary N) is 2. The van der Waals surface area contributed by atoms with E-state index >= 15 is 0 Å². The Hall–Kier alpha value is -0.750. The summed E-state index contributed by atoms with van der Waals surface area (Å²) in [6.45, 7) is 3.46. The number of thioether (sulfide) groups is 1. The molecule has 2 heterocycles. The van der Waals surface area contributed by atoms with Crippen LogP contribution in [-0.4, -0.2) is 60.9 Å². The van der Waals surface area contributed by atoms with Crippen molar-refractivity contribution in [1.29, 1.82) is 0 Å². The lowest BCUT2D eigenvalue weighted by Gasteiger charge is -2.26. The molecule has 2 amide bonds. The van der Waals surface area contributed by atoms with Crippen LogP contribution in [0.4, 0.5) is 0 Å². The highest BCUT2D eigenvalue weighted by atomic mass is 32.2. The molecule has 0 saturated carbocycles. The second-order valence-electron chi connectivity index (χ2n) is 4.48. The highest BCUT2D eigenvalue weighted by Crippen LogP contribution is 2.22. The van der Waals surface area contributed by atoms with Crippen molar-refractivity contribution in [1.82, 2.24) is 15.5 Å². The fourth-order valence-electron chi connectivity index (χ4n) is 2.07. The molecule has 96 valence electrons. The fraction of sp³-hybridized carbons (Fsp3) is 0.818. The molecule has 0 aromatic carbocycles. The Morgan fingerprint density at radius 1 is 1.35 bits per heavy atom. The molecule has 1 atom stereocenters. The molecule has 2 rings (SSSR count). The van der Waals surface area contributed by atoms with Crippen molar-refractivity contribution in [2.75, 3.05) is 44.2 Å². The fourth-order valence-corrected chi connectivity index (χ4v) is 3.35. The zero-order valence-electron chi connectivity index (χ0n) is 9.91. The molecule has 17 heavy (non-hydrogen) atoms. The van der Waals surface area contributed by atoms with E-state index < -0.39 is 5.91 Å². The minimum absolute atomic E-state index is 0.378. The summed E-state index contributed by atoms with van der Waals surface area (Å²) in [6.07, 6.45) is 1.15. The maximum atomic E-state index is 11.8. The maximum Gasteiger partial charge on any atom is 0.311 e. The molecule has 2 fully saturated rings. The van der Waals surface area contributed by atoms with Crippen LogP contribution in [0.2, 0.25) is 0 Å². The molecule has 2 saturated heterocycles. The van der Waals surface area contributed by atoms with Gasteiger partial charge in [0.15, 0.2) is 0 Å². The molecule has 0 aromatic heterocycles. The average Bonchev–Trinajstić information content (AvgIpc) is 2.89. The predicted molar refractivity (Wildman–Crippen MR) is 67.9 cm³/mol. The number of piperazine rings is 1. The van der Waals surface area contributed by atoms with Gasteiger partial charge in [0, 0.05) is 32.7 Å². The molecule has 5 nitrogen and oxygen atoms in total. The third-order valence-electron chi connectivity index (χ3n) is 3.17. The minimum Gasteiger partial charge on any atom is -0.348 e. The second kappa shape index (κ2) is 6.26. The normalized spacial score (nSPS) is 24.7. The average molecular weight is 257 g/mol. The van der Waals surface area contributed by atoms with Crippen LogP contribution in [0.25, 0.3) is 0 Å². The molecule has 0 aromatic rings. The van der Waals surface area contributed by atoms with Gasteiger partial charge in [0.05, 0.1) is 0 Å². The minimum atomic E-state index is -0.441. The quantitative estimate of drug-likeness (QED) is 0.642. The van der Waals surface area contributed by atoms with Crippen molar-refractivity contribution in [3.8, 4) is 0 Å². The van der Waals surface area contributed by atoms with Crippen LogP contribution in [0.1, 0.15) is 6.42 Å². The highest BCUT2D eigenvalue weighted by molar-refractivity contribution is 7.99. The van der Waals surface area contributed by atoms with Gasteiger partial charge in [0.1, 0.15) is 0 Å². The van der Waals surface area contributed by atoms with Crippen molar-refractivity contribution in [2.45, 2.75) is 6.42 Å². The van der Waals surface area contributed by atoms with Crippen molar-refractivity contribution in [3.63, 3.8) is 0 Å². The lowest BCUT2D eigenvalue weighted by Crippen LogP contribution is -2.51. The van der Waals surface area contributed by atoms with Crippen molar-refractivity contribution < 1.29 is 9.59 Å². The summed E-state index contributed by atoms with van der Waals surface area (Å²) in [5.74, 6) is 2.00. The Morgan fingerprint density at radius 2 is 2.12 bits per heavy atom. The first-order chi connectivity index (χ1) is 8.27. The van der Waals surface area contributed by atoms with E-state index in [4.69, 9.17) is 0 Å². The van der Waals surface area contributed by atoms with Gasteiger partial charge in [0.2, 0.25) is 0 Å². The highest BCUT2D eigenvalue weighted by Gasteiger charge is 2.24. The Morgan fingerprint density at radius 3 is 2.76 bits per heavy atom. The van der Waals surface area contributed by atoms with Crippen LogP contribution in [-0.2, 0) is 9.59 Å². The second-order valence-corrected chi connectivity index (χ2v) is 5.63. The molecular weight excluding hydrogens is 238 g/mol. The molecule has 0 radical (unpaired) electrons. The van der Waals surface area contributed by atoms with Crippen LogP contribution in [0.5, 0.6) is 0 Å². The molecule has 2 N–H and O–H groups in total. The summed E-state index contributed by atoms with van der Waals surface area (Å²) in [6, 6.07) is 0. The summed E-state index contributed by atoms with van der Waals surface area (Å²) in [5, 5.41) is 5.91. The smallest absolute Gasteiger partial charge is 0.311 e. The zero-order valence-corrected chi connectivity index (χ0v) is 10.7. The van der Waals surface area contributed by atoms with Gasteiger partial charge < -0.3 is 15.5 Å². The molecule has 0 spiro atoms. The number of hydrogen-bond acceptors (Lipinski definition) is 4. The molecule has 0 bridgehead atoms. The SMILES string of the molecule is O=C(NCC1CCSC1)C(=O)N1CCNCC1. The number of nitrogens with zero attached hydrogens (tertiary/aromatic N) is 1. The Kier molecular flexibility index (Phi) is 4.67. The number of amides is 2.